The average Bonchev–Trinajstić information content (AvgIpc) is 2.33. The van der Waals surface area contributed by atoms with E-state index in [-0.39, 0.29) is 12.5 Å². The zero-order chi connectivity index (χ0) is 11.6. The van der Waals surface area contributed by atoms with Crippen molar-refractivity contribution in [1.82, 2.24) is 5.32 Å². The number of carbonyl (C=O) groups excluding carboxylic acids is 1. The Morgan fingerprint density at radius 1 is 1.31 bits per heavy atom. The molecule has 16 heavy (non-hydrogen) atoms. The van der Waals surface area contributed by atoms with Crippen LogP contribution in [0.2, 0.25) is 0 Å². The fourth-order valence-corrected chi connectivity index (χ4v) is 1.88. The van der Waals surface area contributed by atoms with Crippen LogP contribution in [-0.2, 0) is 14.3 Å². The van der Waals surface area contributed by atoms with E-state index >= 15 is 0 Å². The normalized spacial score (nSPS) is 17.3. The summed E-state index contributed by atoms with van der Waals surface area (Å²) in [6, 6.07) is 0. The number of carbonyl (C=O) groups is 1. The van der Waals surface area contributed by atoms with Crippen molar-refractivity contribution >= 4 is 5.91 Å². The minimum atomic E-state index is -0.0368. The van der Waals surface area contributed by atoms with E-state index < -0.39 is 0 Å². The summed E-state index contributed by atoms with van der Waals surface area (Å²) in [5.74, 6) is -0.0368. The van der Waals surface area contributed by atoms with Crippen molar-refractivity contribution < 1.29 is 14.3 Å². The number of hydrogen-bond acceptors (Lipinski definition) is 3. The van der Waals surface area contributed by atoms with E-state index in [2.05, 4.69) is 5.32 Å². The molecule has 1 saturated carbocycles. The molecule has 0 radical (unpaired) electrons. The Hall–Kier alpha value is -0.610. The molecule has 0 atom stereocenters. The highest BCUT2D eigenvalue weighted by atomic mass is 16.5. The standard InChI is InChI=1S/C12H23NO3/c1-2-15-9-8-13-12(14)10-16-11-6-4-3-5-7-11/h11H,2-10H2,1H3,(H,13,14). The Kier molecular flexibility index (Phi) is 7.17. The van der Waals surface area contributed by atoms with Crippen LogP contribution in [0.15, 0.2) is 0 Å². The van der Waals surface area contributed by atoms with Gasteiger partial charge in [0.25, 0.3) is 0 Å². The molecule has 0 aromatic heterocycles. The average molecular weight is 229 g/mol. The number of ether oxygens (including phenoxy) is 2. The molecule has 0 saturated heterocycles. The maximum Gasteiger partial charge on any atom is 0.246 e. The lowest BCUT2D eigenvalue weighted by Gasteiger charge is -2.21. The van der Waals surface area contributed by atoms with Crippen molar-refractivity contribution in [3.05, 3.63) is 0 Å². The van der Waals surface area contributed by atoms with Gasteiger partial charge in [-0.25, -0.2) is 0 Å². The Morgan fingerprint density at radius 3 is 2.75 bits per heavy atom. The molecule has 0 heterocycles. The fourth-order valence-electron chi connectivity index (χ4n) is 1.88. The van der Waals surface area contributed by atoms with Gasteiger partial charge in [0.1, 0.15) is 6.61 Å². The van der Waals surface area contributed by atoms with Crippen LogP contribution in [0.4, 0.5) is 0 Å². The van der Waals surface area contributed by atoms with Crippen LogP contribution in [0.1, 0.15) is 39.0 Å². The van der Waals surface area contributed by atoms with Crippen LogP contribution in [0.25, 0.3) is 0 Å². The minimum Gasteiger partial charge on any atom is -0.380 e. The SMILES string of the molecule is CCOCCNC(=O)COC1CCCCC1. The maximum absolute atomic E-state index is 11.4. The predicted octanol–water partition coefficient (Wildman–Crippen LogP) is 1.49. The van der Waals surface area contributed by atoms with Gasteiger partial charge < -0.3 is 14.8 Å². The first-order valence-corrected chi connectivity index (χ1v) is 6.29. The lowest BCUT2D eigenvalue weighted by atomic mass is 9.98. The second kappa shape index (κ2) is 8.53. The number of amides is 1. The van der Waals surface area contributed by atoms with Gasteiger partial charge in [0.05, 0.1) is 12.7 Å². The second-order valence-electron chi connectivity index (χ2n) is 4.12. The Morgan fingerprint density at radius 2 is 2.06 bits per heavy atom. The number of rotatable bonds is 7. The Bertz CT molecular complexity index is 191. The van der Waals surface area contributed by atoms with Gasteiger partial charge in [0.15, 0.2) is 0 Å². The molecule has 1 rings (SSSR count). The monoisotopic (exact) mass is 229 g/mol. The first-order chi connectivity index (χ1) is 7.83. The van der Waals surface area contributed by atoms with Gasteiger partial charge in [0.2, 0.25) is 5.91 Å². The topological polar surface area (TPSA) is 47.6 Å². The minimum absolute atomic E-state index is 0.0368. The van der Waals surface area contributed by atoms with Crippen LogP contribution < -0.4 is 5.32 Å². The van der Waals surface area contributed by atoms with Crippen LogP contribution >= 0.6 is 0 Å². The molecule has 1 aliphatic rings. The summed E-state index contributed by atoms with van der Waals surface area (Å²) in [4.78, 5) is 11.4. The van der Waals surface area contributed by atoms with Gasteiger partial charge in [-0.15, -0.1) is 0 Å². The van der Waals surface area contributed by atoms with E-state index in [1.165, 1.54) is 19.3 Å². The zero-order valence-electron chi connectivity index (χ0n) is 10.2. The Balaban J connectivity index is 1.96. The van der Waals surface area contributed by atoms with E-state index in [1.807, 2.05) is 6.92 Å². The first kappa shape index (κ1) is 13.5. The maximum atomic E-state index is 11.4. The summed E-state index contributed by atoms with van der Waals surface area (Å²) >= 11 is 0. The van der Waals surface area contributed by atoms with Crippen LogP contribution in [0.5, 0.6) is 0 Å². The molecule has 0 aromatic rings. The molecular formula is C12H23NO3. The predicted molar refractivity (Wildman–Crippen MR) is 62.3 cm³/mol. The van der Waals surface area contributed by atoms with Gasteiger partial charge >= 0.3 is 0 Å². The third-order valence-corrected chi connectivity index (χ3v) is 2.78. The third kappa shape index (κ3) is 6.08. The lowest BCUT2D eigenvalue weighted by molar-refractivity contribution is -0.128. The summed E-state index contributed by atoms with van der Waals surface area (Å²) in [5.41, 5.74) is 0. The van der Waals surface area contributed by atoms with E-state index in [0.29, 0.717) is 25.9 Å². The molecule has 0 bridgehead atoms. The summed E-state index contributed by atoms with van der Waals surface area (Å²) < 4.78 is 10.7. The van der Waals surface area contributed by atoms with Crippen molar-refractivity contribution in [3.8, 4) is 0 Å². The summed E-state index contributed by atoms with van der Waals surface area (Å²) in [6.07, 6.45) is 6.28. The van der Waals surface area contributed by atoms with Gasteiger partial charge in [0, 0.05) is 13.2 Å². The van der Waals surface area contributed by atoms with Gasteiger partial charge in [-0.1, -0.05) is 19.3 Å². The lowest BCUT2D eigenvalue weighted by Crippen LogP contribution is -2.32. The van der Waals surface area contributed by atoms with Crippen molar-refractivity contribution in [3.63, 3.8) is 0 Å². The molecule has 1 amide bonds. The van der Waals surface area contributed by atoms with Crippen LogP contribution in [0, 0.1) is 0 Å². The molecule has 0 aliphatic heterocycles. The summed E-state index contributed by atoms with van der Waals surface area (Å²) in [7, 11) is 0. The van der Waals surface area contributed by atoms with Gasteiger partial charge in [-0.05, 0) is 19.8 Å². The largest absolute Gasteiger partial charge is 0.380 e. The van der Waals surface area contributed by atoms with Gasteiger partial charge in [-0.3, -0.25) is 4.79 Å². The van der Waals surface area contributed by atoms with Crippen molar-refractivity contribution in [2.75, 3.05) is 26.4 Å². The number of hydrogen-bond donors (Lipinski definition) is 1. The molecule has 1 aliphatic carbocycles. The van der Waals surface area contributed by atoms with E-state index in [1.54, 1.807) is 0 Å². The molecule has 94 valence electrons. The zero-order valence-corrected chi connectivity index (χ0v) is 10.2. The van der Waals surface area contributed by atoms with E-state index in [9.17, 15) is 4.79 Å². The van der Waals surface area contributed by atoms with Gasteiger partial charge in [-0.2, -0.15) is 0 Å². The molecule has 0 unspecified atom stereocenters. The molecule has 0 spiro atoms. The third-order valence-electron chi connectivity index (χ3n) is 2.78. The first-order valence-electron chi connectivity index (χ1n) is 6.29. The van der Waals surface area contributed by atoms with Crippen molar-refractivity contribution in [2.45, 2.75) is 45.1 Å². The van der Waals surface area contributed by atoms with Crippen LogP contribution in [0.3, 0.4) is 0 Å². The molecule has 1 fully saturated rings. The smallest absolute Gasteiger partial charge is 0.246 e. The Labute approximate surface area is 97.7 Å². The van der Waals surface area contributed by atoms with Crippen LogP contribution in [-0.4, -0.2) is 38.4 Å². The molecule has 0 aromatic carbocycles. The second-order valence-corrected chi connectivity index (χ2v) is 4.12. The summed E-state index contributed by atoms with van der Waals surface area (Å²) in [6.45, 7) is 3.96. The number of nitrogens with one attached hydrogen (secondary N) is 1. The molecule has 1 N–H and O–H groups in total. The van der Waals surface area contributed by atoms with Crippen molar-refractivity contribution in [1.29, 1.82) is 0 Å². The highest BCUT2D eigenvalue weighted by Crippen LogP contribution is 2.19. The fraction of sp³-hybridized carbons (Fsp3) is 0.917. The highest BCUT2D eigenvalue weighted by molar-refractivity contribution is 5.77. The van der Waals surface area contributed by atoms with Crippen molar-refractivity contribution in [2.24, 2.45) is 0 Å². The van der Waals surface area contributed by atoms with E-state index in [4.69, 9.17) is 9.47 Å². The molecular weight excluding hydrogens is 206 g/mol. The molecule has 4 heteroatoms. The highest BCUT2D eigenvalue weighted by Gasteiger charge is 2.14. The molecule has 4 nitrogen and oxygen atoms in total. The summed E-state index contributed by atoms with van der Waals surface area (Å²) in [5, 5.41) is 2.77. The van der Waals surface area contributed by atoms with E-state index in [0.717, 1.165) is 12.8 Å². The quantitative estimate of drug-likeness (QED) is 0.673.